The summed E-state index contributed by atoms with van der Waals surface area (Å²) in [5, 5.41) is 0. The van der Waals surface area contributed by atoms with E-state index in [4.69, 9.17) is 4.74 Å². The molecule has 0 aromatic carbocycles. The molecular formula is C31H48N2O4. The standard InChI is InChI=1S/C31H48N2O4/c1-5-6-7-8-9-10-11-15-27(34)37-19-17-31(2,3)30(36)33-25-14-12-13-23(25)28-26(33)20-22-16-18-32(4)21-24(22)29(28)35/h22,24H,5-21H2,1-4H3/t22-,24+/m0/s1. The lowest BCUT2D eigenvalue weighted by Gasteiger charge is -2.39. The number of hydrogen-bond acceptors (Lipinski definition) is 5. The Kier molecular flexibility index (Phi) is 9.31. The van der Waals surface area contributed by atoms with Gasteiger partial charge in [-0.1, -0.05) is 59.3 Å². The number of carbonyl (C=O) groups is 3. The van der Waals surface area contributed by atoms with Crippen molar-refractivity contribution in [2.75, 3.05) is 26.7 Å². The molecule has 3 aliphatic rings. The molecule has 1 aromatic rings. The van der Waals surface area contributed by atoms with Gasteiger partial charge in [-0.3, -0.25) is 19.0 Å². The van der Waals surface area contributed by atoms with Crippen LogP contribution < -0.4 is 0 Å². The number of likely N-dealkylation sites (tertiary alicyclic amines) is 1. The third-order valence-electron chi connectivity index (χ3n) is 9.07. The van der Waals surface area contributed by atoms with Crippen molar-refractivity contribution in [3.05, 3.63) is 22.5 Å². The molecule has 0 saturated carbocycles. The second-order valence-electron chi connectivity index (χ2n) is 12.5. The number of piperidine rings is 1. The van der Waals surface area contributed by atoms with Crippen molar-refractivity contribution in [1.82, 2.24) is 9.47 Å². The number of hydrogen-bond donors (Lipinski definition) is 0. The normalized spacial score (nSPS) is 21.5. The fourth-order valence-electron chi connectivity index (χ4n) is 6.69. The highest BCUT2D eigenvalue weighted by molar-refractivity contribution is 6.04. The number of aromatic nitrogens is 1. The lowest BCUT2D eigenvalue weighted by atomic mass is 9.72. The number of rotatable bonds is 12. The van der Waals surface area contributed by atoms with E-state index in [2.05, 4.69) is 18.9 Å². The molecular weight excluding hydrogens is 464 g/mol. The number of ether oxygens (including phenoxy) is 1. The Balaban J connectivity index is 1.36. The second kappa shape index (κ2) is 12.3. The molecule has 0 radical (unpaired) electrons. The van der Waals surface area contributed by atoms with Crippen LogP contribution in [0.2, 0.25) is 0 Å². The summed E-state index contributed by atoms with van der Waals surface area (Å²) < 4.78 is 7.47. The SMILES string of the molecule is CCCCCCCCCC(=O)OCCC(C)(C)C(=O)n1c2c(c3c1C[C@@H]1CCN(C)C[C@H]1C3=O)CCC2. The zero-order valence-corrected chi connectivity index (χ0v) is 23.7. The van der Waals surface area contributed by atoms with Crippen molar-refractivity contribution >= 4 is 17.7 Å². The summed E-state index contributed by atoms with van der Waals surface area (Å²) in [6, 6.07) is 0. The van der Waals surface area contributed by atoms with Gasteiger partial charge in [-0.15, -0.1) is 0 Å². The van der Waals surface area contributed by atoms with Gasteiger partial charge < -0.3 is 9.64 Å². The van der Waals surface area contributed by atoms with Crippen LogP contribution in [0, 0.1) is 17.3 Å². The van der Waals surface area contributed by atoms with Gasteiger partial charge >= 0.3 is 5.97 Å². The Morgan fingerprint density at radius 3 is 2.51 bits per heavy atom. The van der Waals surface area contributed by atoms with Crippen LogP contribution >= 0.6 is 0 Å². The predicted octanol–water partition coefficient (Wildman–Crippen LogP) is 6.02. The molecule has 2 atom stereocenters. The number of fused-ring (bicyclic) bond motifs is 4. The third kappa shape index (κ3) is 6.21. The van der Waals surface area contributed by atoms with Crippen molar-refractivity contribution < 1.29 is 19.1 Å². The van der Waals surface area contributed by atoms with E-state index in [9.17, 15) is 14.4 Å². The van der Waals surface area contributed by atoms with Crippen molar-refractivity contribution in [2.24, 2.45) is 17.3 Å². The maximum atomic E-state index is 14.0. The fourth-order valence-corrected chi connectivity index (χ4v) is 6.69. The number of ketones is 1. The molecule has 1 aliphatic heterocycles. The fraction of sp³-hybridized carbons (Fsp3) is 0.774. The molecule has 4 rings (SSSR count). The largest absolute Gasteiger partial charge is 0.466 e. The summed E-state index contributed by atoms with van der Waals surface area (Å²) in [6.07, 6.45) is 13.7. The summed E-state index contributed by atoms with van der Waals surface area (Å²) >= 11 is 0. The van der Waals surface area contributed by atoms with E-state index in [1.54, 1.807) is 0 Å². The van der Waals surface area contributed by atoms with Crippen LogP contribution in [0.25, 0.3) is 0 Å². The van der Waals surface area contributed by atoms with Gasteiger partial charge in [0.25, 0.3) is 0 Å². The number of carbonyl (C=O) groups excluding carboxylic acids is 3. The van der Waals surface area contributed by atoms with Crippen molar-refractivity contribution in [2.45, 2.75) is 111 Å². The van der Waals surface area contributed by atoms with Crippen molar-refractivity contribution in [3.8, 4) is 0 Å². The first-order chi connectivity index (χ1) is 17.7. The topological polar surface area (TPSA) is 68.6 Å². The van der Waals surface area contributed by atoms with E-state index < -0.39 is 5.41 Å². The Hall–Kier alpha value is -1.95. The molecule has 37 heavy (non-hydrogen) atoms. The van der Waals surface area contributed by atoms with Gasteiger partial charge in [-0.05, 0) is 70.0 Å². The minimum absolute atomic E-state index is 0.0502. The Bertz CT molecular complexity index is 992. The maximum absolute atomic E-state index is 14.0. The molecule has 0 N–H and O–H groups in total. The molecule has 1 aromatic heterocycles. The van der Waals surface area contributed by atoms with E-state index in [-0.39, 0.29) is 30.2 Å². The van der Waals surface area contributed by atoms with E-state index in [1.807, 2.05) is 18.4 Å². The maximum Gasteiger partial charge on any atom is 0.305 e. The highest BCUT2D eigenvalue weighted by atomic mass is 16.5. The van der Waals surface area contributed by atoms with Gasteiger partial charge in [-0.2, -0.15) is 0 Å². The van der Waals surface area contributed by atoms with Gasteiger partial charge in [0.2, 0.25) is 5.91 Å². The molecule has 2 heterocycles. The predicted molar refractivity (Wildman–Crippen MR) is 146 cm³/mol. The first-order valence-electron chi connectivity index (χ1n) is 14.9. The lowest BCUT2D eigenvalue weighted by Crippen LogP contribution is -2.46. The molecule has 6 nitrogen and oxygen atoms in total. The van der Waals surface area contributed by atoms with E-state index >= 15 is 0 Å². The monoisotopic (exact) mass is 512 g/mol. The third-order valence-corrected chi connectivity index (χ3v) is 9.07. The highest BCUT2D eigenvalue weighted by Gasteiger charge is 2.45. The van der Waals surface area contributed by atoms with Crippen LogP contribution in [0.1, 0.15) is 124 Å². The summed E-state index contributed by atoms with van der Waals surface area (Å²) in [5.41, 5.74) is 3.37. The smallest absolute Gasteiger partial charge is 0.305 e. The minimum Gasteiger partial charge on any atom is -0.466 e. The van der Waals surface area contributed by atoms with Crippen LogP contribution in [0.3, 0.4) is 0 Å². The average Bonchev–Trinajstić information content (AvgIpc) is 3.44. The van der Waals surface area contributed by atoms with Crippen LogP contribution in [-0.2, 0) is 28.8 Å². The van der Waals surface area contributed by atoms with Crippen molar-refractivity contribution in [1.29, 1.82) is 0 Å². The molecule has 6 heteroatoms. The van der Waals surface area contributed by atoms with Crippen LogP contribution in [0.5, 0.6) is 0 Å². The average molecular weight is 513 g/mol. The Morgan fingerprint density at radius 1 is 1.03 bits per heavy atom. The van der Waals surface area contributed by atoms with E-state index in [0.717, 1.165) is 80.6 Å². The van der Waals surface area contributed by atoms with E-state index in [0.29, 0.717) is 18.8 Å². The first kappa shape index (κ1) is 28.1. The van der Waals surface area contributed by atoms with Crippen LogP contribution in [0.15, 0.2) is 0 Å². The highest BCUT2D eigenvalue weighted by Crippen LogP contribution is 2.43. The first-order valence-corrected chi connectivity index (χ1v) is 14.9. The summed E-state index contributed by atoms with van der Waals surface area (Å²) in [5.74, 6) is 0.544. The minimum atomic E-state index is -0.671. The lowest BCUT2D eigenvalue weighted by molar-refractivity contribution is -0.144. The van der Waals surface area contributed by atoms with E-state index in [1.165, 1.54) is 32.1 Å². The molecule has 0 bridgehead atoms. The molecule has 1 saturated heterocycles. The molecule has 1 fully saturated rings. The van der Waals surface area contributed by atoms with Crippen LogP contribution in [0.4, 0.5) is 0 Å². The van der Waals surface area contributed by atoms with Gasteiger partial charge in [0.05, 0.1) is 6.61 Å². The quantitative estimate of drug-likeness (QED) is 0.253. The summed E-state index contributed by atoms with van der Waals surface area (Å²) in [7, 11) is 2.10. The summed E-state index contributed by atoms with van der Waals surface area (Å²) in [4.78, 5) is 42.1. The van der Waals surface area contributed by atoms with Crippen LogP contribution in [-0.4, -0.2) is 53.9 Å². The Labute approximate surface area is 223 Å². The van der Waals surface area contributed by atoms with Gasteiger partial charge in [0.1, 0.15) is 0 Å². The molecule has 0 amide bonds. The van der Waals surface area contributed by atoms with Gasteiger partial charge in [0.15, 0.2) is 5.78 Å². The second-order valence-corrected chi connectivity index (χ2v) is 12.5. The Morgan fingerprint density at radius 2 is 1.76 bits per heavy atom. The zero-order valence-electron chi connectivity index (χ0n) is 23.7. The van der Waals surface area contributed by atoms with Crippen molar-refractivity contribution in [3.63, 3.8) is 0 Å². The number of nitrogens with zero attached hydrogens (tertiary/aromatic N) is 2. The molecule has 0 spiro atoms. The zero-order chi connectivity index (χ0) is 26.6. The number of esters is 1. The van der Waals surface area contributed by atoms with Gasteiger partial charge in [0, 0.05) is 41.2 Å². The molecule has 0 unspecified atom stereocenters. The molecule has 206 valence electrons. The summed E-state index contributed by atoms with van der Waals surface area (Å²) in [6.45, 7) is 8.22. The number of unbranched alkanes of at least 4 members (excludes halogenated alkanes) is 6. The number of Topliss-reactive ketones (excluding diaryl/α,β-unsaturated/α-hetero) is 1. The molecule has 2 aliphatic carbocycles. The van der Waals surface area contributed by atoms with Gasteiger partial charge in [-0.25, -0.2) is 0 Å².